The lowest BCUT2D eigenvalue weighted by molar-refractivity contribution is -0.384. The van der Waals surface area contributed by atoms with Crippen LogP contribution >= 0.6 is 0 Å². The topological polar surface area (TPSA) is 81.5 Å². The molecule has 0 aliphatic heterocycles. The Hall–Kier alpha value is -3.67. The summed E-state index contributed by atoms with van der Waals surface area (Å²) in [5.74, 6) is 0.246. The molecule has 0 saturated carbocycles. The molecule has 0 saturated heterocycles. The first-order valence-electron chi connectivity index (χ1n) is 8.35. The van der Waals surface area contributed by atoms with Crippen LogP contribution in [0.2, 0.25) is 0 Å². The van der Waals surface area contributed by atoms with Gasteiger partial charge < -0.3 is 10.1 Å². The van der Waals surface area contributed by atoms with Gasteiger partial charge >= 0.3 is 0 Å². The predicted molar refractivity (Wildman–Crippen MR) is 104 cm³/mol. The molecule has 27 heavy (non-hydrogen) atoms. The number of hydrogen-bond donors (Lipinski definition) is 1. The Morgan fingerprint density at radius 1 is 0.926 bits per heavy atom. The van der Waals surface area contributed by atoms with Gasteiger partial charge in [0.05, 0.1) is 4.92 Å². The SMILES string of the molecule is Cc1ccc(-c2ccc(OCC(=O)Nc3ccc([N+](=O)[O-])cc3)cc2)cc1. The zero-order valence-corrected chi connectivity index (χ0v) is 14.7. The van der Waals surface area contributed by atoms with E-state index in [2.05, 4.69) is 29.6 Å². The van der Waals surface area contributed by atoms with Crippen molar-refractivity contribution in [3.05, 3.63) is 88.5 Å². The van der Waals surface area contributed by atoms with Crippen molar-refractivity contribution in [2.75, 3.05) is 11.9 Å². The van der Waals surface area contributed by atoms with Crippen molar-refractivity contribution in [2.24, 2.45) is 0 Å². The maximum Gasteiger partial charge on any atom is 0.269 e. The van der Waals surface area contributed by atoms with E-state index in [1.165, 1.54) is 29.8 Å². The van der Waals surface area contributed by atoms with Crippen molar-refractivity contribution < 1.29 is 14.5 Å². The van der Waals surface area contributed by atoms with Crippen LogP contribution in [-0.4, -0.2) is 17.4 Å². The fourth-order valence-electron chi connectivity index (χ4n) is 2.50. The van der Waals surface area contributed by atoms with Gasteiger partial charge in [0.25, 0.3) is 11.6 Å². The van der Waals surface area contributed by atoms with Crippen molar-refractivity contribution in [1.82, 2.24) is 0 Å². The Balaban J connectivity index is 1.54. The second-order valence-corrected chi connectivity index (χ2v) is 6.03. The standard InChI is InChI=1S/C21H18N2O4/c1-15-2-4-16(5-3-15)17-6-12-20(13-7-17)27-14-21(24)22-18-8-10-19(11-9-18)23(25)26/h2-13H,14H2,1H3,(H,22,24). The molecule has 0 bridgehead atoms. The second-order valence-electron chi connectivity index (χ2n) is 6.03. The lowest BCUT2D eigenvalue weighted by Crippen LogP contribution is -2.20. The lowest BCUT2D eigenvalue weighted by Gasteiger charge is -2.08. The van der Waals surface area contributed by atoms with E-state index in [0.29, 0.717) is 11.4 Å². The number of ether oxygens (including phenoxy) is 1. The van der Waals surface area contributed by atoms with Gasteiger partial charge in [-0.25, -0.2) is 0 Å². The molecule has 0 atom stereocenters. The van der Waals surface area contributed by atoms with Gasteiger partial charge in [-0.15, -0.1) is 0 Å². The number of nitrogens with zero attached hydrogens (tertiary/aromatic N) is 1. The minimum Gasteiger partial charge on any atom is -0.484 e. The third kappa shape index (κ3) is 4.92. The average molecular weight is 362 g/mol. The first kappa shape index (κ1) is 18.1. The van der Waals surface area contributed by atoms with E-state index in [1.807, 2.05) is 31.2 Å². The monoisotopic (exact) mass is 362 g/mol. The number of aryl methyl sites for hydroxylation is 1. The minimum absolute atomic E-state index is 0.0297. The van der Waals surface area contributed by atoms with Gasteiger partial charge in [-0.2, -0.15) is 0 Å². The molecule has 0 spiro atoms. The first-order chi connectivity index (χ1) is 13.0. The summed E-state index contributed by atoms with van der Waals surface area (Å²) in [5, 5.41) is 13.3. The number of carbonyl (C=O) groups is 1. The molecule has 1 N–H and O–H groups in total. The van der Waals surface area contributed by atoms with Crippen LogP contribution in [-0.2, 0) is 4.79 Å². The highest BCUT2D eigenvalue weighted by Crippen LogP contribution is 2.23. The summed E-state index contributed by atoms with van der Waals surface area (Å²) in [6, 6.07) is 21.4. The molecular formula is C21H18N2O4. The molecule has 6 heteroatoms. The maximum atomic E-state index is 12.0. The Kier molecular flexibility index (Phi) is 5.47. The molecule has 3 aromatic carbocycles. The molecule has 0 aliphatic carbocycles. The van der Waals surface area contributed by atoms with Crippen LogP contribution in [0.3, 0.4) is 0 Å². The minimum atomic E-state index is -0.491. The summed E-state index contributed by atoms with van der Waals surface area (Å²) in [5.41, 5.74) is 3.83. The van der Waals surface area contributed by atoms with Crippen LogP contribution in [0.4, 0.5) is 11.4 Å². The summed E-state index contributed by atoms with van der Waals surface area (Å²) >= 11 is 0. The van der Waals surface area contributed by atoms with Crippen LogP contribution in [0.1, 0.15) is 5.56 Å². The van der Waals surface area contributed by atoms with Gasteiger partial charge in [-0.05, 0) is 42.3 Å². The third-order valence-corrected chi connectivity index (χ3v) is 3.97. The summed E-state index contributed by atoms with van der Waals surface area (Å²) in [6.45, 7) is 1.89. The molecule has 0 aromatic heterocycles. The van der Waals surface area contributed by atoms with Crippen molar-refractivity contribution >= 4 is 17.3 Å². The van der Waals surface area contributed by atoms with Gasteiger partial charge in [-0.3, -0.25) is 14.9 Å². The molecule has 0 unspecified atom stereocenters. The number of anilines is 1. The Labute approximate surface area is 156 Å². The molecule has 3 aromatic rings. The number of hydrogen-bond acceptors (Lipinski definition) is 4. The summed E-state index contributed by atoms with van der Waals surface area (Å²) in [7, 11) is 0. The molecule has 0 aliphatic rings. The van der Waals surface area contributed by atoms with Crippen LogP contribution in [0.15, 0.2) is 72.8 Å². The highest BCUT2D eigenvalue weighted by atomic mass is 16.6. The van der Waals surface area contributed by atoms with E-state index in [-0.39, 0.29) is 18.2 Å². The maximum absolute atomic E-state index is 12.0. The van der Waals surface area contributed by atoms with E-state index in [1.54, 1.807) is 0 Å². The van der Waals surface area contributed by atoms with Crippen LogP contribution in [0.25, 0.3) is 11.1 Å². The van der Waals surface area contributed by atoms with Crippen molar-refractivity contribution in [3.8, 4) is 16.9 Å². The van der Waals surface area contributed by atoms with Gasteiger partial charge in [0.2, 0.25) is 0 Å². The number of carbonyl (C=O) groups excluding carboxylic acids is 1. The summed E-state index contributed by atoms with van der Waals surface area (Å²) in [4.78, 5) is 22.1. The summed E-state index contributed by atoms with van der Waals surface area (Å²) in [6.07, 6.45) is 0. The fourth-order valence-corrected chi connectivity index (χ4v) is 2.50. The normalized spacial score (nSPS) is 10.3. The highest BCUT2D eigenvalue weighted by molar-refractivity contribution is 5.92. The quantitative estimate of drug-likeness (QED) is 0.514. The number of nitro groups is 1. The molecule has 136 valence electrons. The van der Waals surface area contributed by atoms with Crippen LogP contribution in [0.5, 0.6) is 5.75 Å². The largest absolute Gasteiger partial charge is 0.484 e. The fraction of sp³-hybridized carbons (Fsp3) is 0.0952. The molecule has 0 fully saturated rings. The third-order valence-electron chi connectivity index (χ3n) is 3.97. The summed E-state index contributed by atoms with van der Waals surface area (Å²) < 4.78 is 5.49. The van der Waals surface area contributed by atoms with Gasteiger partial charge in [0.1, 0.15) is 5.75 Å². The lowest BCUT2D eigenvalue weighted by atomic mass is 10.0. The molecule has 0 heterocycles. The molecule has 0 radical (unpaired) electrons. The Bertz CT molecular complexity index is 933. The first-order valence-corrected chi connectivity index (χ1v) is 8.35. The van der Waals surface area contributed by atoms with Crippen molar-refractivity contribution in [2.45, 2.75) is 6.92 Å². The Morgan fingerprint density at radius 2 is 1.48 bits per heavy atom. The van der Waals surface area contributed by atoms with E-state index in [9.17, 15) is 14.9 Å². The van der Waals surface area contributed by atoms with Gasteiger partial charge in [-0.1, -0.05) is 42.0 Å². The smallest absolute Gasteiger partial charge is 0.269 e. The van der Waals surface area contributed by atoms with E-state index >= 15 is 0 Å². The number of benzene rings is 3. The van der Waals surface area contributed by atoms with Gasteiger partial charge in [0.15, 0.2) is 6.61 Å². The highest BCUT2D eigenvalue weighted by Gasteiger charge is 2.07. The van der Waals surface area contributed by atoms with Gasteiger partial charge in [0, 0.05) is 17.8 Å². The average Bonchev–Trinajstić information content (AvgIpc) is 2.68. The number of nitro benzene ring substituents is 1. The molecule has 1 amide bonds. The molecular weight excluding hydrogens is 344 g/mol. The zero-order valence-electron chi connectivity index (χ0n) is 14.7. The van der Waals surface area contributed by atoms with E-state index in [4.69, 9.17) is 4.74 Å². The van der Waals surface area contributed by atoms with Crippen molar-refractivity contribution in [1.29, 1.82) is 0 Å². The van der Waals surface area contributed by atoms with E-state index < -0.39 is 4.92 Å². The number of rotatable bonds is 6. The second kappa shape index (κ2) is 8.14. The number of amides is 1. The number of nitrogens with one attached hydrogen (secondary N) is 1. The van der Waals surface area contributed by atoms with Crippen LogP contribution < -0.4 is 10.1 Å². The molecule has 6 nitrogen and oxygen atoms in total. The molecule has 3 rings (SSSR count). The zero-order chi connectivity index (χ0) is 19.2. The van der Waals surface area contributed by atoms with Crippen molar-refractivity contribution in [3.63, 3.8) is 0 Å². The van der Waals surface area contributed by atoms with Crippen LogP contribution in [0, 0.1) is 17.0 Å². The van der Waals surface area contributed by atoms with E-state index in [0.717, 1.165) is 11.1 Å². The predicted octanol–water partition coefficient (Wildman–Crippen LogP) is 4.59. The number of non-ortho nitro benzene ring substituents is 1. The Morgan fingerprint density at radius 3 is 2.04 bits per heavy atom.